The predicted octanol–water partition coefficient (Wildman–Crippen LogP) is 4.61. The van der Waals surface area contributed by atoms with Crippen LogP contribution in [0, 0.1) is 0 Å². The monoisotopic (exact) mass is 437 g/mol. The molecule has 0 spiro atoms. The maximum Gasteiger partial charge on any atom is 0.319 e. The van der Waals surface area contributed by atoms with E-state index in [1.807, 2.05) is 48.5 Å². The zero-order valence-electron chi connectivity index (χ0n) is 17.6. The van der Waals surface area contributed by atoms with E-state index in [1.54, 1.807) is 6.20 Å². The van der Waals surface area contributed by atoms with E-state index in [4.69, 9.17) is 11.6 Å². The van der Waals surface area contributed by atoms with Gasteiger partial charge in [0.2, 0.25) is 0 Å². The molecule has 6 nitrogen and oxygen atoms in total. The smallest absolute Gasteiger partial charge is 0.319 e. The first-order valence-electron chi connectivity index (χ1n) is 10.8. The van der Waals surface area contributed by atoms with Gasteiger partial charge in [-0.1, -0.05) is 41.9 Å². The van der Waals surface area contributed by atoms with Crippen LogP contribution in [0.5, 0.6) is 0 Å². The molecule has 0 saturated carbocycles. The van der Waals surface area contributed by atoms with E-state index in [1.165, 1.54) is 0 Å². The number of nitrogens with zero attached hydrogens (tertiary/aromatic N) is 3. The number of carbonyl (C=O) groups is 1. The molecule has 0 unspecified atom stereocenters. The molecule has 0 radical (unpaired) electrons. The third-order valence-electron chi connectivity index (χ3n) is 5.60. The van der Waals surface area contributed by atoms with Gasteiger partial charge >= 0.3 is 6.03 Å². The Morgan fingerprint density at radius 3 is 2.61 bits per heavy atom. The minimum atomic E-state index is -0.189. The normalized spacial score (nSPS) is 14.5. The Morgan fingerprint density at radius 1 is 1.00 bits per heavy atom. The number of fused-ring (bicyclic) bond motifs is 1. The van der Waals surface area contributed by atoms with Gasteiger partial charge in [-0.15, -0.1) is 0 Å². The topological polar surface area (TPSA) is 60.5 Å². The van der Waals surface area contributed by atoms with E-state index >= 15 is 0 Å². The molecule has 1 saturated heterocycles. The molecule has 2 N–H and O–H groups in total. The van der Waals surface area contributed by atoms with E-state index in [0.29, 0.717) is 12.2 Å². The number of hydrogen-bond donors (Lipinski definition) is 2. The van der Waals surface area contributed by atoms with Crippen molar-refractivity contribution in [3.8, 4) is 0 Å². The lowest BCUT2D eigenvalue weighted by atomic mass is 10.2. The second-order valence-electron chi connectivity index (χ2n) is 7.78. The summed E-state index contributed by atoms with van der Waals surface area (Å²) in [7, 11) is 0. The van der Waals surface area contributed by atoms with Gasteiger partial charge in [0.05, 0.1) is 28.1 Å². The third-order valence-corrected chi connectivity index (χ3v) is 5.92. The minimum absolute atomic E-state index is 0.189. The number of halogens is 1. The van der Waals surface area contributed by atoms with Crippen molar-refractivity contribution >= 4 is 39.9 Å². The van der Waals surface area contributed by atoms with E-state index in [0.717, 1.165) is 67.2 Å². The van der Waals surface area contributed by atoms with Gasteiger partial charge in [-0.3, -0.25) is 9.88 Å². The molecule has 0 aliphatic carbocycles. The Bertz CT molecular complexity index is 1020. The minimum Gasteiger partial charge on any atom is -0.368 e. The summed E-state index contributed by atoms with van der Waals surface area (Å²) in [6, 6.07) is 17.6. The highest BCUT2D eigenvalue weighted by Crippen LogP contribution is 2.26. The van der Waals surface area contributed by atoms with Crippen molar-refractivity contribution in [1.29, 1.82) is 0 Å². The van der Waals surface area contributed by atoms with E-state index in [9.17, 15) is 4.79 Å². The van der Waals surface area contributed by atoms with Crippen molar-refractivity contribution in [2.24, 2.45) is 0 Å². The fraction of sp³-hybridized carbons (Fsp3) is 0.333. The molecule has 2 heterocycles. The summed E-state index contributed by atoms with van der Waals surface area (Å²) in [5, 5.41) is 7.62. The number of unbranched alkanes of at least 4 members (excludes halogenated alkanes) is 1. The van der Waals surface area contributed by atoms with Gasteiger partial charge in [-0.2, -0.15) is 0 Å². The molecule has 162 valence electrons. The SMILES string of the molecule is O=C(NCCCCN1CCN(c2ccccc2Cl)CC1)Nc1cnc2ccccc2c1. The van der Waals surface area contributed by atoms with Gasteiger partial charge in [-0.05, 0) is 43.7 Å². The number of carbonyl (C=O) groups excluding carboxylic acids is 1. The zero-order valence-corrected chi connectivity index (χ0v) is 18.3. The molecule has 3 aromatic rings. The highest BCUT2D eigenvalue weighted by molar-refractivity contribution is 6.33. The molecule has 2 amide bonds. The second-order valence-corrected chi connectivity index (χ2v) is 8.19. The molecule has 31 heavy (non-hydrogen) atoms. The first-order valence-corrected chi connectivity index (χ1v) is 11.2. The summed E-state index contributed by atoms with van der Waals surface area (Å²) in [4.78, 5) is 21.3. The highest BCUT2D eigenvalue weighted by atomic mass is 35.5. The van der Waals surface area contributed by atoms with Crippen LogP contribution in [0.2, 0.25) is 5.02 Å². The lowest BCUT2D eigenvalue weighted by molar-refractivity contribution is 0.247. The van der Waals surface area contributed by atoms with Crippen LogP contribution in [0.15, 0.2) is 60.8 Å². The van der Waals surface area contributed by atoms with Crippen LogP contribution in [0.3, 0.4) is 0 Å². The number of para-hydroxylation sites is 2. The average molecular weight is 438 g/mol. The lowest BCUT2D eigenvalue weighted by Crippen LogP contribution is -2.46. The van der Waals surface area contributed by atoms with E-state index < -0.39 is 0 Å². The number of amides is 2. The molecule has 1 aliphatic rings. The molecule has 7 heteroatoms. The maximum absolute atomic E-state index is 12.1. The first-order chi connectivity index (χ1) is 15.2. The van der Waals surface area contributed by atoms with Crippen LogP contribution in [-0.2, 0) is 0 Å². The number of urea groups is 1. The van der Waals surface area contributed by atoms with Crippen molar-refractivity contribution in [1.82, 2.24) is 15.2 Å². The van der Waals surface area contributed by atoms with Crippen LogP contribution < -0.4 is 15.5 Å². The van der Waals surface area contributed by atoms with Gasteiger partial charge in [-0.25, -0.2) is 4.79 Å². The number of pyridine rings is 1. The summed E-state index contributed by atoms with van der Waals surface area (Å²) < 4.78 is 0. The van der Waals surface area contributed by atoms with Gasteiger partial charge in [0.1, 0.15) is 0 Å². The fourth-order valence-electron chi connectivity index (χ4n) is 3.90. The fourth-order valence-corrected chi connectivity index (χ4v) is 4.15. The van der Waals surface area contributed by atoms with Crippen LogP contribution in [0.4, 0.5) is 16.2 Å². The molecule has 0 bridgehead atoms. The molecule has 1 fully saturated rings. The average Bonchev–Trinajstić information content (AvgIpc) is 2.80. The molecule has 1 aromatic heterocycles. The van der Waals surface area contributed by atoms with E-state index in [-0.39, 0.29) is 6.03 Å². The van der Waals surface area contributed by atoms with Gasteiger partial charge < -0.3 is 15.5 Å². The third kappa shape index (κ3) is 5.87. The largest absolute Gasteiger partial charge is 0.368 e. The molecule has 0 atom stereocenters. The number of anilines is 2. The summed E-state index contributed by atoms with van der Waals surface area (Å²) in [6.07, 6.45) is 3.70. The summed E-state index contributed by atoms with van der Waals surface area (Å²) in [5.74, 6) is 0. The van der Waals surface area contributed by atoms with Crippen molar-refractivity contribution in [2.45, 2.75) is 12.8 Å². The number of rotatable bonds is 7. The number of aromatic nitrogens is 1. The van der Waals surface area contributed by atoms with Crippen LogP contribution in [0.1, 0.15) is 12.8 Å². The molecular weight excluding hydrogens is 410 g/mol. The number of nitrogens with one attached hydrogen (secondary N) is 2. The van der Waals surface area contributed by atoms with Crippen molar-refractivity contribution < 1.29 is 4.79 Å². The standard InChI is InChI=1S/C24H28ClN5O/c25-21-8-2-4-10-23(21)30-15-13-29(14-16-30)12-6-5-11-26-24(31)28-20-17-19-7-1-3-9-22(19)27-18-20/h1-4,7-10,17-18H,5-6,11-16H2,(H2,26,28,31). The quantitative estimate of drug-likeness (QED) is 0.530. The van der Waals surface area contributed by atoms with Crippen LogP contribution in [-0.4, -0.2) is 55.2 Å². The van der Waals surface area contributed by atoms with Gasteiger partial charge in [0.15, 0.2) is 0 Å². The Balaban J connectivity index is 1.11. The number of piperazine rings is 1. The van der Waals surface area contributed by atoms with Crippen LogP contribution in [0.25, 0.3) is 10.9 Å². The number of benzene rings is 2. The molecule has 1 aliphatic heterocycles. The van der Waals surface area contributed by atoms with Crippen LogP contribution >= 0.6 is 11.6 Å². The number of hydrogen-bond acceptors (Lipinski definition) is 4. The Morgan fingerprint density at radius 2 is 1.77 bits per heavy atom. The first kappa shape index (κ1) is 21.4. The summed E-state index contributed by atoms with van der Waals surface area (Å²) in [5.41, 5.74) is 2.74. The van der Waals surface area contributed by atoms with Gasteiger partial charge in [0, 0.05) is 38.1 Å². The molecule has 2 aromatic carbocycles. The Hall–Kier alpha value is -2.83. The second kappa shape index (κ2) is 10.5. The zero-order chi connectivity index (χ0) is 21.5. The Kier molecular flexibility index (Phi) is 7.22. The summed E-state index contributed by atoms with van der Waals surface area (Å²) in [6.45, 7) is 5.76. The Labute approximate surface area is 188 Å². The molecular formula is C24H28ClN5O. The predicted molar refractivity (Wildman–Crippen MR) is 128 cm³/mol. The van der Waals surface area contributed by atoms with E-state index in [2.05, 4.69) is 31.5 Å². The molecule has 4 rings (SSSR count). The van der Waals surface area contributed by atoms with Gasteiger partial charge in [0.25, 0.3) is 0 Å². The lowest BCUT2D eigenvalue weighted by Gasteiger charge is -2.36. The van der Waals surface area contributed by atoms with Crippen molar-refractivity contribution in [3.63, 3.8) is 0 Å². The van der Waals surface area contributed by atoms with Crippen molar-refractivity contribution in [3.05, 3.63) is 65.8 Å². The highest BCUT2D eigenvalue weighted by Gasteiger charge is 2.18. The van der Waals surface area contributed by atoms with Crippen molar-refractivity contribution in [2.75, 3.05) is 49.5 Å². The summed E-state index contributed by atoms with van der Waals surface area (Å²) >= 11 is 6.32. The maximum atomic E-state index is 12.1.